The minimum Gasteiger partial charge on any atom is -0.461 e. The molecule has 0 radical (unpaired) electrons. The maximum Gasteiger partial charge on any atom is 0.211 e. The molecule has 1 saturated heterocycles. The average molecular weight is 222 g/mol. The first-order valence-corrected chi connectivity index (χ1v) is 5.74. The number of rotatable bonds is 5. The lowest BCUT2D eigenvalue weighted by Gasteiger charge is -2.19. The van der Waals surface area contributed by atoms with Crippen LogP contribution in [-0.2, 0) is 0 Å². The van der Waals surface area contributed by atoms with Crippen LogP contribution in [0.5, 0.6) is 0 Å². The molecule has 1 unspecified atom stereocenters. The van der Waals surface area contributed by atoms with Gasteiger partial charge in [-0.25, -0.2) is 0 Å². The Bertz CT molecular complexity index is 329. The minimum atomic E-state index is 0.0468. The second-order valence-corrected chi connectivity index (χ2v) is 4.39. The van der Waals surface area contributed by atoms with Crippen molar-refractivity contribution in [2.45, 2.75) is 18.9 Å². The number of Topliss-reactive ketones (excluding diaryl/α,β-unsaturated/α-hetero) is 1. The third-order valence-electron chi connectivity index (χ3n) is 2.90. The second kappa shape index (κ2) is 5.27. The molecule has 1 aromatic rings. The topological polar surface area (TPSA) is 45.5 Å². The molecule has 1 aliphatic rings. The molecule has 2 heterocycles. The molecule has 0 spiro atoms. The van der Waals surface area contributed by atoms with Crippen LogP contribution in [-0.4, -0.2) is 43.4 Å². The lowest BCUT2D eigenvalue weighted by molar-refractivity contribution is 0.0915. The van der Waals surface area contributed by atoms with Gasteiger partial charge in [0.25, 0.3) is 0 Å². The summed E-state index contributed by atoms with van der Waals surface area (Å²) in [7, 11) is 1.97. The van der Waals surface area contributed by atoms with E-state index in [9.17, 15) is 4.79 Å². The predicted molar refractivity (Wildman–Crippen MR) is 61.6 cm³/mol. The first-order valence-electron chi connectivity index (χ1n) is 5.74. The highest BCUT2D eigenvalue weighted by atomic mass is 16.3. The summed E-state index contributed by atoms with van der Waals surface area (Å²) in [6.45, 7) is 2.45. The Labute approximate surface area is 95.6 Å². The summed E-state index contributed by atoms with van der Waals surface area (Å²) in [6.07, 6.45) is 3.98. The quantitative estimate of drug-likeness (QED) is 0.759. The van der Waals surface area contributed by atoms with Crippen molar-refractivity contribution in [2.24, 2.45) is 0 Å². The van der Waals surface area contributed by atoms with Gasteiger partial charge in [0, 0.05) is 12.6 Å². The number of hydrogen-bond donors (Lipinski definition) is 1. The summed E-state index contributed by atoms with van der Waals surface area (Å²) in [5.74, 6) is 0.497. The van der Waals surface area contributed by atoms with Crippen molar-refractivity contribution in [3.05, 3.63) is 24.2 Å². The molecule has 1 fully saturated rings. The SMILES string of the molecule is CN(CC(=O)c1ccco1)CC1CCCN1. The van der Waals surface area contributed by atoms with Gasteiger partial charge in [-0.1, -0.05) is 0 Å². The van der Waals surface area contributed by atoms with E-state index in [1.54, 1.807) is 12.1 Å². The van der Waals surface area contributed by atoms with Crippen LogP contribution in [0.25, 0.3) is 0 Å². The van der Waals surface area contributed by atoms with Gasteiger partial charge in [-0.15, -0.1) is 0 Å². The van der Waals surface area contributed by atoms with E-state index in [1.807, 2.05) is 11.9 Å². The molecule has 1 N–H and O–H groups in total. The highest BCUT2D eigenvalue weighted by Crippen LogP contribution is 2.07. The Hall–Kier alpha value is -1.13. The fourth-order valence-electron chi connectivity index (χ4n) is 2.11. The van der Waals surface area contributed by atoms with Crippen molar-refractivity contribution >= 4 is 5.78 Å². The maximum absolute atomic E-state index is 11.7. The molecule has 16 heavy (non-hydrogen) atoms. The first kappa shape index (κ1) is 11.4. The van der Waals surface area contributed by atoms with E-state index in [4.69, 9.17) is 4.42 Å². The minimum absolute atomic E-state index is 0.0468. The standard InChI is InChI=1S/C12H18N2O2/c1-14(8-10-4-2-6-13-10)9-11(15)12-5-3-7-16-12/h3,5,7,10,13H,2,4,6,8-9H2,1H3. The van der Waals surface area contributed by atoms with Gasteiger partial charge in [0.05, 0.1) is 12.8 Å². The number of carbonyl (C=O) groups excluding carboxylic acids is 1. The monoisotopic (exact) mass is 222 g/mol. The molecule has 2 rings (SSSR count). The summed E-state index contributed by atoms with van der Waals surface area (Å²) in [4.78, 5) is 13.8. The Morgan fingerprint density at radius 1 is 1.69 bits per heavy atom. The summed E-state index contributed by atoms with van der Waals surface area (Å²) >= 11 is 0. The molecule has 0 saturated carbocycles. The number of hydrogen-bond acceptors (Lipinski definition) is 4. The number of carbonyl (C=O) groups is 1. The zero-order valence-electron chi connectivity index (χ0n) is 9.61. The third-order valence-corrected chi connectivity index (χ3v) is 2.90. The smallest absolute Gasteiger partial charge is 0.211 e. The predicted octanol–water partition coefficient (Wildman–Crippen LogP) is 1.15. The van der Waals surface area contributed by atoms with Crippen LogP contribution in [0.1, 0.15) is 23.4 Å². The molecule has 1 atom stereocenters. The number of nitrogens with zero attached hydrogens (tertiary/aromatic N) is 1. The Morgan fingerprint density at radius 2 is 2.56 bits per heavy atom. The van der Waals surface area contributed by atoms with E-state index in [2.05, 4.69) is 5.32 Å². The van der Waals surface area contributed by atoms with Crippen molar-refractivity contribution in [2.75, 3.05) is 26.7 Å². The summed E-state index contributed by atoms with van der Waals surface area (Å²) in [5.41, 5.74) is 0. The van der Waals surface area contributed by atoms with E-state index in [-0.39, 0.29) is 5.78 Å². The molecule has 0 aliphatic carbocycles. The van der Waals surface area contributed by atoms with Gasteiger partial charge in [-0.2, -0.15) is 0 Å². The summed E-state index contributed by atoms with van der Waals surface area (Å²) < 4.78 is 5.07. The van der Waals surface area contributed by atoms with Gasteiger partial charge in [0.15, 0.2) is 5.76 Å². The lowest BCUT2D eigenvalue weighted by Crippen LogP contribution is -2.37. The summed E-state index contributed by atoms with van der Waals surface area (Å²) in [6, 6.07) is 3.99. The molecule has 4 nitrogen and oxygen atoms in total. The van der Waals surface area contributed by atoms with Gasteiger partial charge in [-0.05, 0) is 38.6 Å². The largest absolute Gasteiger partial charge is 0.461 e. The number of ketones is 1. The average Bonchev–Trinajstić information content (AvgIpc) is 2.88. The summed E-state index contributed by atoms with van der Waals surface area (Å²) in [5, 5.41) is 3.42. The molecule has 1 aromatic heterocycles. The normalized spacial score (nSPS) is 20.5. The zero-order valence-corrected chi connectivity index (χ0v) is 9.61. The van der Waals surface area contributed by atoms with Crippen molar-refractivity contribution in [1.29, 1.82) is 0 Å². The van der Waals surface area contributed by atoms with Crippen LogP contribution >= 0.6 is 0 Å². The van der Waals surface area contributed by atoms with Gasteiger partial charge in [0.2, 0.25) is 5.78 Å². The highest BCUT2D eigenvalue weighted by molar-refractivity contribution is 5.94. The van der Waals surface area contributed by atoms with Crippen LogP contribution in [0.4, 0.5) is 0 Å². The van der Waals surface area contributed by atoms with Gasteiger partial charge < -0.3 is 9.73 Å². The van der Waals surface area contributed by atoms with Crippen LogP contribution in [0.15, 0.2) is 22.8 Å². The van der Waals surface area contributed by atoms with Crippen molar-refractivity contribution < 1.29 is 9.21 Å². The third kappa shape index (κ3) is 2.93. The maximum atomic E-state index is 11.7. The number of nitrogens with one attached hydrogen (secondary N) is 1. The van der Waals surface area contributed by atoms with E-state index < -0.39 is 0 Å². The fraction of sp³-hybridized carbons (Fsp3) is 0.583. The van der Waals surface area contributed by atoms with E-state index in [0.717, 1.165) is 13.1 Å². The van der Waals surface area contributed by atoms with Gasteiger partial charge in [0.1, 0.15) is 0 Å². The van der Waals surface area contributed by atoms with E-state index >= 15 is 0 Å². The Morgan fingerprint density at radius 3 is 3.19 bits per heavy atom. The van der Waals surface area contributed by atoms with Gasteiger partial charge >= 0.3 is 0 Å². The lowest BCUT2D eigenvalue weighted by atomic mass is 10.2. The molecule has 0 aromatic carbocycles. The molecule has 4 heteroatoms. The second-order valence-electron chi connectivity index (χ2n) is 4.39. The van der Waals surface area contributed by atoms with Crippen LogP contribution in [0.2, 0.25) is 0 Å². The molecule has 0 amide bonds. The zero-order chi connectivity index (χ0) is 11.4. The van der Waals surface area contributed by atoms with Crippen LogP contribution < -0.4 is 5.32 Å². The Balaban J connectivity index is 1.78. The first-order chi connectivity index (χ1) is 7.75. The van der Waals surface area contributed by atoms with Gasteiger partial charge in [-0.3, -0.25) is 9.69 Å². The number of furan rings is 1. The highest BCUT2D eigenvalue weighted by Gasteiger charge is 2.18. The molecular weight excluding hydrogens is 204 g/mol. The molecule has 1 aliphatic heterocycles. The molecule has 88 valence electrons. The van der Waals surface area contributed by atoms with E-state index in [1.165, 1.54) is 19.1 Å². The van der Waals surface area contributed by atoms with Crippen molar-refractivity contribution in [1.82, 2.24) is 10.2 Å². The van der Waals surface area contributed by atoms with Crippen molar-refractivity contribution in [3.8, 4) is 0 Å². The fourth-order valence-corrected chi connectivity index (χ4v) is 2.11. The van der Waals surface area contributed by atoms with Crippen molar-refractivity contribution in [3.63, 3.8) is 0 Å². The Kier molecular flexibility index (Phi) is 3.74. The molecule has 0 bridgehead atoms. The van der Waals surface area contributed by atoms with E-state index in [0.29, 0.717) is 18.3 Å². The van der Waals surface area contributed by atoms with Crippen LogP contribution in [0, 0.1) is 0 Å². The molecular formula is C12H18N2O2. The van der Waals surface area contributed by atoms with Crippen LogP contribution in [0.3, 0.4) is 0 Å². The number of likely N-dealkylation sites (N-methyl/N-ethyl adjacent to an activating group) is 1.